The molecule has 1 N–H and O–H groups in total. The van der Waals surface area contributed by atoms with Crippen LogP contribution in [0, 0.1) is 12.8 Å². The van der Waals surface area contributed by atoms with Crippen LogP contribution < -0.4 is 5.32 Å². The maximum Gasteiger partial charge on any atom is 0.321 e. The second-order valence-corrected chi connectivity index (χ2v) is 5.33. The van der Waals surface area contributed by atoms with E-state index in [2.05, 4.69) is 5.32 Å². The molecule has 1 aromatic rings. The summed E-state index contributed by atoms with van der Waals surface area (Å²) in [4.78, 5) is 25.7. The average Bonchev–Trinajstić information content (AvgIpc) is 2.50. The number of esters is 1. The Bertz CT molecular complexity index is 499. The Morgan fingerprint density at radius 3 is 2.71 bits per heavy atom. The lowest BCUT2D eigenvalue weighted by Crippen LogP contribution is -2.44. The number of anilines is 1. The Labute approximate surface area is 125 Å². The maximum atomic E-state index is 12.2. The van der Waals surface area contributed by atoms with Gasteiger partial charge in [0.1, 0.15) is 0 Å². The van der Waals surface area contributed by atoms with Gasteiger partial charge in [-0.3, -0.25) is 4.79 Å². The summed E-state index contributed by atoms with van der Waals surface area (Å²) >= 11 is 0. The normalized spacial score (nSPS) is 18.2. The van der Waals surface area contributed by atoms with Crippen molar-refractivity contribution in [2.45, 2.75) is 26.7 Å². The van der Waals surface area contributed by atoms with Gasteiger partial charge in [-0.05, 0) is 38.8 Å². The summed E-state index contributed by atoms with van der Waals surface area (Å²) in [5, 5.41) is 2.87. The highest BCUT2D eigenvalue weighted by Gasteiger charge is 2.29. The molecule has 2 rings (SSSR count). The molecule has 1 heterocycles. The standard InChI is InChI=1S/C16H22N2O3/c1-3-21-15(19)13-5-4-10-18(11-13)16(20)17-14-8-6-12(2)7-9-14/h6-9,13H,3-5,10-11H2,1-2H3,(H,17,20)/t13-/m1/s1. The molecule has 1 atom stereocenters. The number of hydrogen-bond donors (Lipinski definition) is 1. The number of hydrogen-bond acceptors (Lipinski definition) is 3. The van der Waals surface area contributed by atoms with Crippen molar-refractivity contribution in [1.82, 2.24) is 4.90 Å². The Hall–Kier alpha value is -2.04. The largest absolute Gasteiger partial charge is 0.466 e. The molecule has 2 amide bonds. The van der Waals surface area contributed by atoms with E-state index in [1.807, 2.05) is 31.2 Å². The fourth-order valence-electron chi connectivity index (χ4n) is 2.45. The summed E-state index contributed by atoms with van der Waals surface area (Å²) < 4.78 is 5.04. The van der Waals surface area contributed by atoms with Gasteiger partial charge in [-0.15, -0.1) is 0 Å². The smallest absolute Gasteiger partial charge is 0.321 e. The molecule has 5 heteroatoms. The number of rotatable bonds is 3. The van der Waals surface area contributed by atoms with Crippen LogP contribution in [0.2, 0.25) is 0 Å². The molecule has 0 bridgehead atoms. The van der Waals surface area contributed by atoms with Gasteiger partial charge in [0.15, 0.2) is 0 Å². The average molecular weight is 290 g/mol. The minimum Gasteiger partial charge on any atom is -0.466 e. The predicted octanol–water partition coefficient (Wildman–Crippen LogP) is 2.80. The molecule has 5 nitrogen and oxygen atoms in total. The molecule has 0 unspecified atom stereocenters. The van der Waals surface area contributed by atoms with Crippen LogP contribution in [-0.2, 0) is 9.53 Å². The molecule has 0 aromatic heterocycles. The molecule has 1 saturated heterocycles. The zero-order valence-corrected chi connectivity index (χ0v) is 12.6. The number of aryl methyl sites for hydroxylation is 1. The van der Waals surface area contributed by atoms with Crippen LogP contribution in [0.3, 0.4) is 0 Å². The molecule has 0 radical (unpaired) electrons. The first-order valence-corrected chi connectivity index (χ1v) is 7.39. The number of urea groups is 1. The summed E-state index contributed by atoms with van der Waals surface area (Å²) in [5.41, 5.74) is 1.91. The van der Waals surface area contributed by atoms with Gasteiger partial charge in [-0.2, -0.15) is 0 Å². The molecule has 0 aliphatic carbocycles. The fourth-order valence-corrected chi connectivity index (χ4v) is 2.45. The quantitative estimate of drug-likeness (QED) is 0.871. The molecule has 1 aliphatic heterocycles. The van der Waals surface area contributed by atoms with Gasteiger partial charge in [0.2, 0.25) is 0 Å². The molecule has 1 aliphatic rings. The van der Waals surface area contributed by atoms with Crippen LogP contribution in [0.4, 0.5) is 10.5 Å². The van der Waals surface area contributed by atoms with Crippen molar-refractivity contribution < 1.29 is 14.3 Å². The van der Waals surface area contributed by atoms with Gasteiger partial charge in [0, 0.05) is 18.8 Å². The van der Waals surface area contributed by atoms with Crippen LogP contribution in [0.15, 0.2) is 24.3 Å². The van der Waals surface area contributed by atoms with Gasteiger partial charge in [0.25, 0.3) is 0 Å². The van der Waals surface area contributed by atoms with Crippen molar-refractivity contribution in [1.29, 1.82) is 0 Å². The van der Waals surface area contributed by atoms with E-state index >= 15 is 0 Å². The van der Waals surface area contributed by atoms with E-state index in [0.29, 0.717) is 19.7 Å². The molecular formula is C16H22N2O3. The fraction of sp³-hybridized carbons (Fsp3) is 0.500. The van der Waals surface area contributed by atoms with Crippen LogP contribution in [0.1, 0.15) is 25.3 Å². The first kappa shape index (κ1) is 15.4. The summed E-state index contributed by atoms with van der Waals surface area (Å²) in [6.07, 6.45) is 1.61. The minimum atomic E-state index is -0.206. The zero-order valence-electron chi connectivity index (χ0n) is 12.6. The maximum absolute atomic E-state index is 12.2. The van der Waals surface area contributed by atoms with E-state index < -0.39 is 0 Å². The highest BCUT2D eigenvalue weighted by Crippen LogP contribution is 2.19. The van der Waals surface area contributed by atoms with E-state index in [-0.39, 0.29) is 17.9 Å². The molecule has 21 heavy (non-hydrogen) atoms. The topological polar surface area (TPSA) is 58.6 Å². The molecule has 1 fully saturated rings. The van der Waals surface area contributed by atoms with Crippen molar-refractivity contribution in [2.24, 2.45) is 5.92 Å². The number of carbonyl (C=O) groups is 2. The van der Waals surface area contributed by atoms with Gasteiger partial charge in [-0.1, -0.05) is 17.7 Å². The van der Waals surface area contributed by atoms with E-state index in [4.69, 9.17) is 4.74 Å². The summed E-state index contributed by atoms with van der Waals surface area (Å²) in [6.45, 7) is 5.28. The first-order valence-electron chi connectivity index (χ1n) is 7.39. The minimum absolute atomic E-state index is 0.159. The molecule has 0 saturated carbocycles. The molecular weight excluding hydrogens is 268 g/mol. The molecule has 1 aromatic carbocycles. The number of amides is 2. The Morgan fingerprint density at radius 2 is 2.05 bits per heavy atom. The lowest BCUT2D eigenvalue weighted by Gasteiger charge is -2.31. The lowest BCUT2D eigenvalue weighted by atomic mass is 9.98. The van der Waals surface area contributed by atoms with Crippen LogP contribution in [-0.4, -0.2) is 36.6 Å². The third-order valence-electron chi connectivity index (χ3n) is 3.63. The summed E-state index contributed by atoms with van der Waals surface area (Å²) in [5.74, 6) is -0.409. The van der Waals surface area contributed by atoms with Crippen LogP contribution >= 0.6 is 0 Å². The Kier molecular flexibility index (Phi) is 5.20. The SMILES string of the molecule is CCOC(=O)[C@@H]1CCCN(C(=O)Nc2ccc(C)cc2)C1. The van der Waals surface area contributed by atoms with E-state index in [9.17, 15) is 9.59 Å². The third kappa shape index (κ3) is 4.21. The van der Waals surface area contributed by atoms with E-state index in [1.54, 1.807) is 11.8 Å². The number of benzene rings is 1. The summed E-state index contributed by atoms with van der Waals surface area (Å²) in [7, 11) is 0. The summed E-state index contributed by atoms with van der Waals surface area (Å²) in [6, 6.07) is 7.49. The third-order valence-corrected chi connectivity index (χ3v) is 3.63. The van der Waals surface area contributed by atoms with Gasteiger partial charge < -0.3 is 15.0 Å². The first-order chi connectivity index (χ1) is 10.1. The number of carbonyl (C=O) groups excluding carboxylic acids is 2. The van der Waals surface area contributed by atoms with Gasteiger partial charge in [-0.25, -0.2) is 4.79 Å². The zero-order chi connectivity index (χ0) is 15.2. The van der Waals surface area contributed by atoms with E-state index in [0.717, 1.165) is 24.1 Å². The van der Waals surface area contributed by atoms with Crippen molar-refractivity contribution in [3.8, 4) is 0 Å². The Balaban J connectivity index is 1.92. The predicted molar refractivity (Wildman–Crippen MR) is 81.1 cm³/mol. The highest BCUT2D eigenvalue weighted by molar-refractivity contribution is 5.89. The van der Waals surface area contributed by atoms with Crippen molar-refractivity contribution in [3.63, 3.8) is 0 Å². The monoisotopic (exact) mass is 290 g/mol. The van der Waals surface area contributed by atoms with Gasteiger partial charge in [0.05, 0.1) is 12.5 Å². The molecule has 0 spiro atoms. The number of likely N-dealkylation sites (tertiary alicyclic amines) is 1. The lowest BCUT2D eigenvalue weighted by molar-refractivity contribution is -0.149. The van der Waals surface area contributed by atoms with Crippen molar-refractivity contribution in [3.05, 3.63) is 29.8 Å². The second kappa shape index (κ2) is 7.11. The number of nitrogens with zero attached hydrogens (tertiary/aromatic N) is 1. The van der Waals surface area contributed by atoms with Crippen molar-refractivity contribution in [2.75, 3.05) is 25.0 Å². The highest BCUT2D eigenvalue weighted by atomic mass is 16.5. The number of piperidine rings is 1. The van der Waals surface area contributed by atoms with E-state index in [1.165, 1.54) is 0 Å². The van der Waals surface area contributed by atoms with Crippen molar-refractivity contribution >= 4 is 17.7 Å². The van der Waals surface area contributed by atoms with Crippen LogP contribution in [0.25, 0.3) is 0 Å². The molecule has 114 valence electrons. The number of nitrogens with one attached hydrogen (secondary N) is 1. The van der Waals surface area contributed by atoms with Gasteiger partial charge >= 0.3 is 12.0 Å². The second-order valence-electron chi connectivity index (χ2n) is 5.33. The van der Waals surface area contributed by atoms with Crippen LogP contribution in [0.5, 0.6) is 0 Å². The number of ether oxygens (including phenoxy) is 1. The Morgan fingerprint density at radius 1 is 1.33 bits per heavy atom.